The lowest BCUT2D eigenvalue weighted by molar-refractivity contribution is -0.125. The molecule has 0 bridgehead atoms. The highest BCUT2D eigenvalue weighted by atomic mass is 19.2. The number of carbonyl (C=O) groups excluding carboxylic acids is 1. The molecule has 1 N–H and O–H groups in total. The SMILES string of the molecule is CC(C)N1CC[C@H](NC(=O)[C@@H]2CCOC2)[C@@H]1c1ccc(F)c(F)c1. The van der Waals surface area contributed by atoms with Crippen LogP contribution in [0.4, 0.5) is 8.78 Å². The lowest BCUT2D eigenvalue weighted by Crippen LogP contribution is -2.43. The second-order valence-corrected chi connectivity index (χ2v) is 6.91. The van der Waals surface area contributed by atoms with Crippen molar-refractivity contribution in [3.05, 3.63) is 35.4 Å². The van der Waals surface area contributed by atoms with Gasteiger partial charge in [0, 0.05) is 25.2 Å². The Morgan fingerprint density at radius 1 is 1.29 bits per heavy atom. The van der Waals surface area contributed by atoms with Crippen LogP contribution in [0.5, 0.6) is 0 Å². The number of halogens is 2. The Morgan fingerprint density at radius 2 is 2.08 bits per heavy atom. The lowest BCUT2D eigenvalue weighted by Gasteiger charge is -2.32. The van der Waals surface area contributed by atoms with E-state index in [0.29, 0.717) is 18.8 Å². The van der Waals surface area contributed by atoms with Gasteiger partial charge in [-0.15, -0.1) is 0 Å². The zero-order valence-corrected chi connectivity index (χ0v) is 14.1. The average Bonchev–Trinajstić information content (AvgIpc) is 3.19. The van der Waals surface area contributed by atoms with Crippen LogP contribution in [-0.2, 0) is 9.53 Å². The molecule has 0 aromatic heterocycles. The van der Waals surface area contributed by atoms with Gasteiger partial charge < -0.3 is 10.1 Å². The molecule has 0 unspecified atom stereocenters. The van der Waals surface area contributed by atoms with Crippen molar-refractivity contribution in [2.45, 2.75) is 44.8 Å². The predicted octanol–water partition coefficient (Wildman–Crippen LogP) is 2.64. The highest BCUT2D eigenvalue weighted by Gasteiger charge is 2.39. The van der Waals surface area contributed by atoms with E-state index in [4.69, 9.17) is 4.74 Å². The van der Waals surface area contributed by atoms with Gasteiger partial charge in [0.05, 0.1) is 18.6 Å². The molecule has 2 fully saturated rings. The molecule has 4 nitrogen and oxygen atoms in total. The average molecular weight is 338 g/mol. The molecule has 2 heterocycles. The van der Waals surface area contributed by atoms with Crippen molar-refractivity contribution in [2.75, 3.05) is 19.8 Å². The monoisotopic (exact) mass is 338 g/mol. The summed E-state index contributed by atoms with van der Waals surface area (Å²) in [4.78, 5) is 14.7. The van der Waals surface area contributed by atoms with E-state index < -0.39 is 11.6 Å². The molecule has 3 atom stereocenters. The second kappa shape index (κ2) is 7.15. The van der Waals surface area contributed by atoms with Crippen LogP contribution in [0.2, 0.25) is 0 Å². The number of hydrogen-bond acceptors (Lipinski definition) is 3. The number of benzene rings is 1. The molecule has 2 aliphatic rings. The van der Waals surface area contributed by atoms with Crippen molar-refractivity contribution in [1.29, 1.82) is 0 Å². The topological polar surface area (TPSA) is 41.6 Å². The van der Waals surface area contributed by atoms with E-state index in [9.17, 15) is 13.6 Å². The van der Waals surface area contributed by atoms with Crippen molar-refractivity contribution in [1.82, 2.24) is 10.2 Å². The Bertz CT molecular complexity index is 603. The van der Waals surface area contributed by atoms with Crippen molar-refractivity contribution in [3.8, 4) is 0 Å². The van der Waals surface area contributed by atoms with Gasteiger partial charge in [0.25, 0.3) is 0 Å². The summed E-state index contributed by atoms with van der Waals surface area (Å²) in [7, 11) is 0. The zero-order chi connectivity index (χ0) is 17.3. The molecule has 2 aliphatic heterocycles. The van der Waals surface area contributed by atoms with E-state index in [2.05, 4.69) is 24.1 Å². The van der Waals surface area contributed by atoms with E-state index in [0.717, 1.165) is 25.5 Å². The number of rotatable bonds is 4. The van der Waals surface area contributed by atoms with Crippen LogP contribution in [0, 0.1) is 17.6 Å². The van der Waals surface area contributed by atoms with E-state index in [1.165, 1.54) is 6.07 Å². The third kappa shape index (κ3) is 3.44. The van der Waals surface area contributed by atoms with Crippen LogP contribution in [0.15, 0.2) is 18.2 Å². The number of likely N-dealkylation sites (tertiary alicyclic amines) is 1. The standard InChI is InChI=1S/C18H24F2N2O2/c1-11(2)22-7-5-16(21-18(23)13-6-8-24-10-13)17(22)12-3-4-14(19)15(20)9-12/h3-4,9,11,13,16-17H,5-8,10H2,1-2H3,(H,21,23)/t13-,16+,17+/m1/s1. The molecule has 0 aliphatic carbocycles. The Labute approximate surface area is 141 Å². The van der Waals surface area contributed by atoms with Gasteiger partial charge in [0.2, 0.25) is 5.91 Å². The maximum atomic E-state index is 13.7. The summed E-state index contributed by atoms with van der Waals surface area (Å²) in [6.45, 7) is 6.03. The quantitative estimate of drug-likeness (QED) is 0.918. The van der Waals surface area contributed by atoms with E-state index >= 15 is 0 Å². The fourth-order valence-electron chi connectivity index (χ4n) is 3.71. The number of ether oxygens (including phenoxy) is 1. The summed E-state index contributed by atoms with van der Waals surface area (Å²) in [5.41, 5.74) is 0.702. The molecule has 6 heteroatoms. The minimum Gasteiger partial charge on any atom is -0.381 e. The second-order valence-electron chi connectivity index (χ2n) is 6.91. The normalized spacial score (nSPS) is 27.8. The Balaban J connectivity index is 1.81. The molecule has 132 valence electrons. The first-order valence-corrected chi connectivity index (χ1v) is 8.56. The van der Waals surface area contributed by atoms with E-state index in [1.54, 1.807) is 6.07 Å². The third-order valence-corrected chi connectivity index (χ3v) is 5.01. The fourth-order valence-corrected chi connectivity index (χ4v) is 3.71. The summed E-state index contributed by atoms with van der Waals surface area (Å²) in [6.07, 6.45) is 1.53. The maximum absolute atomic E-state index is 13.7. The molecule has 0 radical (unpaired) electrons. The molecular formula is C18H24F2N2O2. The van der Waals surface area contributed by atoms with Crippen LogP contribution in [0.3, 0.4) is 0 Å². The summed E-state index contributed by atoms with van der Waals surface area (Å²) >= 11 is 0. The molecule has 1 amide bonds. The smallest absolute Gasteiger partial charge is 0.225 e. The zero-order valence-electron chi connectivity index (χ0n) is 14.1. The molecule has 24 heavy (non-hydrogen) atoms. The van der Waals surface area contributed by atoms with Crippen LogP contribution < -0.4 is 5.32 Å². The number of hydrogen-bond donors (Lipinski definition) is 1. The lowest BCUT2D eigenvalue weighted by atomic mass is 9.98. The molecule has 2 saturated heterocycles. The highest BCUT2D eigenvalue weighted by Crippen LogP contribution is 2.35. The van der Waals surface area contributed by atoms with Crippen LogP contribution in [0.25, 0.3) is 0 Å². The summed E-state index contributed by atoms with van der Waals surface area (Å²) in [6, 6.07) is 4.02. The molecular weight excluding hydrogens is 314 g/mol. The molecule has 0 spiro atoms. The van der Waals surface area contributed by atoms with Crippen molar-refractivity contribution >= 4 is 5.91 Å². The Kier molecular flexibility index (Phi) is 5.15. The molecule has 0 saturated carbocycles. The van der Waals surface area contributed by atoms with Gasteiger partial charge in [-0.2, -0.15) is 0 Å². The molecule has 1 aromatic rings. The van der Waals surface area contributed by atoms with E-state index in [1.807, 2.05) is 0 Å². The molecule has 3 rings (SSSR count). The summed E-state index contributed by atoms with van der Waals surface area (Å²) in [5.74, 6) is -1.81. The van der Waals surface area contributed by atoms with Gasteiger partial charge in [-0.3, -0.25) is 9.69 Å². The number of nitrogens with one attached hydrogen (secondary N) is 1. The van der Waals surface area contributed by atoms with Crippen molar-refractivity contribution in [2.24, 2.45) is 5.92 Å². The first kappa shape index (κ1) is 17.3. The molecule has 1 aromatic carbocycles. The van der Waals surface area contributed by atoms with Gasteiger partial charge >= 0.3 is 0 Å². The summed E-state index contributed by atoms with van der Waals surface area (Å²) < 4.78 is 32.3. The van der Waals surface area contributed by atoms with Crippen LogP contribution >= 0.6 is 0 Å². The minimum atomic E-state index is -0.850. The number of carbonyl (C=O) groups is 1. The van der Waals surface area contributed by atoms with Gasteiger partial charge in [-0.1, -0.05) is 6.07 Å². The van der Waals surface area contributed by atoms with Gasteiger partial charge in [-0.05, 0) is 44.4 Å². The first-order chi connectivity index (χ1) is 11.5. The van der Waals surface area contributed by atoms with Crippen LogP contribution in [0.1, 0.15) is 38.3 Å². The Morgan fingerprint density at radius 3 is 2.71 bits per heavy atom. The van der Waals surface area contributed by atoms with E-state index in [-0.39, 0.29) is 30.0 Å². The van der Waals surface area contributed by atoms with Crippen molar-refractivity contribution in [3.63, 3.8) is 0 Å². The van der Waals surface area contributed by atoms with Gasteiger partial charge in [0.15, 0.2) is 11.6 Å². The first-order valence-electron chi connectivity index (χ1n) is 8.56. The Hall–Kier alpha value is -1.53. The third-order valence-electron chi connectivity index (χ3n) is 5.01. The largest absolute Gasteiger partial charge is 0.381 e. The summed E-state index contributed by atoms with van der Waals surface area (Å²) in [5, 5.41) is 3.11. The number of amides is 1. The van der Waals surface area contributed by atoms with Gasteiger partial charge in [-0.25, -0.2) is 8.78 Å². The maximum Gasteiger partial charge on any atom is 0.225 e. The fraction of sp³-hybridized carbons (Fsp3) is 0.611. The number of nitrogens with zero attached hydrogens (tertiary/aromatic N) is 1. The minimum absolute atomic E-state index is 0.00399. The van der Waals surface area contributed by atoms with Crippen molar-refractivity contribution < 1.29 is 18.3 Å². The highest BCUT2D eigenvalue weighted by molar-refractivity contribution is 5.79. The predicted molar refractivity (Wildman–Crippen MR) is 86.4 cm³/mol. The van der Waals surface area contributed by atoms with Gasteiger partial charge in [0.1, 0.15) is 0 Å². The van der Waals surface area contributed by atoms with Crippen LogP contribution in [-0.4, -0.2) is 42.6 Å².